The second-order valence-corrected chi connectivity index (χ2v) is 9.44. The van der Waals surface area contributed by atoms with E-state index in [2.05, 4.69) is 0 Å². The van der Waals surface area contributed by atoms with E-state index in [0.29, 0.717) is 5.75 Å². The predicted octanol–water partition coefficient (Wildman–Crippen LogP) is 6.45. The molecular weight excluding hydrogens is 408 g/mol. The fourth-order valence-electron chi connectivity index (χ4n) is 3.35. The summed E-state index contributed by atoms with van der Waals surface area (Å²) >= 11 is 0. The molecule has 0 fully saturated rings. The molecule has 31 heavy (non-hydrogen) atoms. The average Bonchev–Trinajstić information content (AvgIpc) is 2.84. The van der Waals surface area contributed by atoms with Gasteiger partial charge in [-0.2, -0.15) is 0 Å². The fraction of sp³-hybridized carbons (Fsp3) is 0.0385. The molecule has 0 aliphatic rings. The first-order valence-electron chi connectivity index (χ1n) is 9.74. The molecule has 4 nitrogen and oxygen atoms in total. The van der Waals surface area contributed by atoms with Crippen LogP contribution in [0.15, 0.2) is 124 Å². The molecule has 0 aromatic heterocycles. The second-order valence-electron chi connectivity index (χ2n) is 6.75. The minimum absolute atomic E-state index is 0.114. The minimum Gasteiger partial charge on any atom is -0.507 e. The maximum Gasteiger partial charge on any atom is 0.353 e. The van der Waals surface area contributed by atoms with Crippen molar-refractivity contribution in [2.45, 2.75) is 14.7 Å². The lowest BCUT2D eigenvalue weighted by Crippen LogP contribution is -2.14. The van der Waals surface area contributed by atoms with Crippen LogP contribution in [0.3, 0.4) is 0 Å². The summed E-state index contributed by atoms with van der Waals surface area (Å²) < 4.78 is 11.7. The van der Waals surface area contributed by atoms with E-state index in [1.54, 1.807) is 25.3 Å². The molecule has 4 rings (SSSR count). The zero-order valence-corrected chi connectivity index (χ0v) is 17.8. The maximum atomic E-state index is 13.3. The van der Waals surface area contributed by atoms with Gasteiger partial charge in [-0.25, -0.2) is 4.79 Å². The topological polar surface area (TPSA) is 55.8 Å². The Morgan fingerprint density at radius 1 is 0.677 bits per heavy atom. The summed E-state index contributed by atoms with van der Waals surface area (Å²) in [5.74, 6) is 0.0125. The monoisotopic (exact) mass is 430 g/mol. The van der Waals surface area contributed by atoms with Gasteiger partial charge in [-0.05, 0) is 71.0 Å². The first-order valence-corrected chi connectivity index (χ1v) is 11.3. The van der Waals surface area contributed by atoms with Crippen LogP contribution < -0.4 is 4.74 Å². The summed E-state index contributed by atoms with van der Waals surface area (Å²) in [4.78, 5) is 15.9. The van der Waals surface area contributed by atoms with Crippen LogP contribution in [0.4, 0.5) is 0 Å². The molecule has 4 aromatic carbocycles. The molecule has 0 radical (unpaired) electrons. The van der Waals surface area contributed by atoms with Crippen LogP contribution in [0.1, 0.15) is 10.4 Å². The first-order chi connectivity index (χ1) is 15.1. The molecule has 0 saturated carbocycles. The van der Waals surface area contributed by atoms with E-state index in [1.807, 2.05) is 84.9 Å². The molecule has 4 aromatic rings. The van der Waals surface area contributed by atoms with Crippen molar-refractivity contribution in [3.8, 4) is 11.5 Å². The number of ether oxygens (including phenoxy) is 1. The molecule has 0 spiro atoms. The number of carbonyl (C=O) groups is 1. The van der Waals surface area contributed by atoms with E-state index < -0.39 is 16.3 Å². The maximum absolute atomic E-state index is 13.3. The molecule has 156 valence electrons. The van der Waals surface area contributed by atoms with E-state index in [1.165, 1.54) is 6.07 Å². The molecule has 0 bridgehead atoms. The highest BCUT2D eigenvalue weighted by Crippen LogP contribution is 2.69. The van der Waals surface area contributed by atoms with E-state index in [4.69, 9.17) is 8.92 Å². The summed E-state index contributed by atoms with van der Waals surface area (Å²) in [6, 6.07) is 33.4. The molecular formula is C26H22O4S. The summed E-state index contributed by atoms with van der Waals surface area (Å²) in [6.07, 6.45) is 0. The Bertz CT molecular complexity index is 1120. The van der Waals surface area contributed by atoms with Gasteiger partial charge in [-0.15, -0.1) is 0 Å². The number of hydrogen-bond acceptors (Lipinski definition) is 4. The van der Waals surface area contributed by atoms with E-state index in [9.17, 15) is 9.90 Å². The molecule has 5 heteroatoms. The number of phenols is 1. The number of benzene rings is 4. The Kier molecular flexibility index (Phi) is 5.96. The standard InChI is InChI=1S/C26H22O4S/c1-29-20-16-18-23(19-17-20)31(21-10-4-2-5-11-21,22-12-6-3-7-13-22)30-26(28)24-14-8-9-15-25(24)27/h2-19,27H,1H3. The summed E-state index contributed by atoms with van der Waals surface area (Å²) in [5, 5.41) is 10.2. The second kappa shape index (κ2) is 8.98. The van der Waals surface area contributed by atoms with Crippen molar-refractivity contribution in [1.29, 1.82) is 0 Å². The van der Waals surface area contributed by atoms with Gasteiger partial charge >= 0.3 is 5.97 Å². The van der Waals surface area contributed by atoms with Gasteiger partial charge in [0.2, 0.25) is 0 Å². The van der Waals surface area contributed by atoms with Gasteiger partial charge in [0.1, 0.15) is 17.1 Å². The number of carbonyl (C=O) groups excluding carboxylic acids is 1. The third-order valence-electron chi connectivity index (χ3n) is 4.87. The molecule has 0 heterocycles. The molecule has 0 amide bonds. The lowest BCUT2D eigenvalue weighted by molar-refractivity contribution is 0.0754. The third kappa shape index (κ3) is 4.00. The van der Waals surface area contributed by atoms with Crippen molar-refractivity contribution in [2.75, 3.05) is 7.11 Å². The van der Waals surface area contributed by atoms with Gasteiger partial charge in [0.25, 0.3) is 0 Å². The van der Waals surface area contributed by atoms with E-state index in [-0.39, 0.29) is 11.3 Å². The number of rotatable bonds is 6. The molecule has 0 aliphatic carbocycles. The number of methoxy groups -OCH3 is 1. The Balaban J connectivity index is 1.95. The van der Waals surface area contributed by atoms with Crippen molar-refractivity contribution in [3.63, 3.8) is 0 Å². The van der Waals surface area contributed by atoms with Crippen LogP contribution in [-0.4, -0.2) is 18.2 Å². The molecule has 1 N–H and O–H groups in total. The zero-order chi connectivity index (χ0) is 21.7. The van der Waals surface area contributed by atoms with Crippen LogP contribution in [0.25, 0.3) is 0 Å². The quantitative estimate of drug-likeness (QED) is 0.382. The Morgan fingerprint density at radius 3 is 1.68 bits per heavy atom. The van der Waals surface area contributed by atoms with Crippen molar-refractivity contribution in [3.05, 3.63) is 115 Å². The highest BCUT2D eigenvalue weighted by molar-refractivity contribution is 8.30. The van der Waals surface area contributed by atoms with Crippen LogP contribution in [0.2, 0.25) is 0 Å². The first kappa shape index (κ1) is 20.6. The lowest BCUT2D eigenvalue weighted by atomic mass is 10.2. The highest BCUT2D eigenvalue weighted by atomic mass is 32.3. The van der Waals surface area contributed by atoms with Crippen LogP contribution >= 0.6 is 10.3 Å². The smallest absolute Gasteiger partial charge is 0.353 e. The third-order valence-corrected chi connectivity index (χ3v) is 8.08. The van der Waals surface area contributed by atoms with Crippen molar-refractivity contribution < 1.29 is 18.8 Å². The van der Waals surface area contributed by atoms with Gasteiger partial charge < -0.3 is 14.0 Å². The van der Waals surface area contributed by atoms with Gasteiger partial charge in [0, 0.05) is 14.7 Å². The molecule has 0 atom stereocenters. The Hall–Kier alpha value is -3.70. The Morgan fingerprint density at radius 2 is 1.16 bits per heavy atom. The SMILES string of the molecule is COc1ccc(S(OC(=O)c2ccccc2O)(c2ccccc2)c2ccccc2)cc1. The minimum atomic E-state index is -2.44. The number of para-hydroxylation sites is 1. The molecule has 0 aliphatic heterocycles. The van der Waals surface area contributed by atoms with Crippen LogP contribution in [0.5, 0.6) is 11.5 Å². The van der Waals surface area contributed by atoms with Gasteiger partial charge in [0.15, 0.2) is 0 Å². The van der Waals surface area contributed by atoms with Gasteiger partial charge in [-0.3, -0.25) is 0 Å². The largest absolute Gasteiger partial charge is 0.507 e. The van der Waals surface area contributed by atoms with Crippen LogP contribution in [0, 0.1) is 0 Å². The Labute approximate surface area is 183 Å². The average molecular weight is 431 g/mol. The van der Waals surface area contributed by atoms with Crippen molar-refractivity contribution >= 4 is 16.3 Å². The van der Waals surface area contributed by atoms with Gasteiger partial charge in [-0.1, -0.05) is 48.5 Å². The van der Waals surface area contributed by atoms with Crippen LogP contribution in [-0.2, 0) is 4.18 Å². The number of aromatic hydroxyl groups is 1. The van der Waals surface area contributed by atoms with Crippen molar-refractivity contribution in [1.82, 2.24) is 0 Å². The summed E-state index contributed by atoms with van der Waals surface area (Å²) in [7, 11) is -0.825. The summed E-state index contributed by atoms with van der Waals surface area (Å²) in [5.41, 5.74) is 0.125. The van der Waals surface area contributed by atoms with Crippen molar-refractivity contribution in [2.24, 2.45) is 0 Å². The number of phenolic OH excluding ortho intramolecular Hbond substituents is 1. The predicted molar refractivity (Wildman–Crippen MR) is 122 cm³/mol. The zero-order valence-electron chi connectivity index (χ0n) is 17.0. The number of hydrogen-bond donors (Lipinski definition) is 1. The highest BCUT2D eigenvalue weighted by Gasteiger charge is 2.36. The normalized spacial score (nSPS) is 11.5. The van der Waals surface area contributed by atoms with E-state index >= 15 is 0 Å². The lowest BCUT2D eigenvalue weighted by Gasteiger charge is -2.39. The van der Waals surface area contributed by atoms with Gasteiger partial charge in [0.05, 0.1) is 7.11 Å². The summed E-state index contributed by atoms with van der Waals surface area (Å²) in [6.45, 7) is 0. The molecule has 0 unspecified atom stereocenters. The molecule has 0 saturated heterocycles. The van der Waals surface area contributed by atoms with E-state index in [0.717, 1.165) is 14.7 Å². The fourth-order valence-corrected chi connectivity index (χ4v) is 6.37.